The van der Waals surface area contributed by atoms with Gasteiger partial charge in [0.05, 0.1) is 17.5 Å². The minimum Gasteiger partial charge on any atom is -0.503 e. The molecule has 0 fully saturated rings. The molecule has 1 amide bonds. The highest BCUT2D eigenvalue weighted by atomic mass is 35.5. The van der Waals surface area contributed by atoms with Gasteiger partial charge in [-0.2, -0.15) is 0 Å². The second kappa shape index (κ2) is 7.37. The van der Waals surface area contributed by atoms with Gasteiger partial charge in [-0.05, 0) is 24.0 Å². The van der Waals surface area contributed by atoms with Crippen molar-refractivity contribution >= 4 is 40.1 Å². The van der Waals surface area contributed by atoms with Gasteiger partial charge in [-0.15, -0.1) is 5.10 Å². The average molecular weight is 417 g/mol. The van der Waals surface area contributed by atoms with Gasteiger partial charge in [0.15, 0.2) is 22.8 Å². The van der Waals surface area contributed by atoms with Gasteiger partial charge in [-0.3, -0.25) is 15.1 Å². The van der Waals surface area contributed by atoms with E-state index in [2.05, 4.69) is 10.4 Å². The lowest BCUT2D eigenvalue weighted by Gasteiger charge is -2.34. The Balaban J connectivity index is 1.96. The van der Waals surface area contributed by atoms with Crippen molar-refractivity contribution in [3.8, 4) is 11.5 Å². The van der Waals surface area contributed by atoms with Crippen molar-refractivity contribution in [2.45, 2.75) is 13.1 Å². The number of carbonyl (C=O) groups excluding carboxylic acids is 1. The van der Waals surface area contributed by atoms with Crippen LogP contribution in [0.15, 0.2) is 46.5 Å². The van der Waals surface area contributed by atoms with Crippen LogP contribution in [-0.4, -0.2) is 34.1 Å². The smallest absolute Gasteiger partial charge is 0.276 e. The Bertz CT molecular complexity index is 1120. The predicted octanol–water partition coefficient (Wildman–Crippen LogP) is 1.95. The molecule has 0 spiro atoms. The van der Waals surface area contributed by atoms with Crippen LogP contribution in [0.4, 0.5) is 0 Å². The average Bonchev–Trinajstić information content (AvgIpc) is 2.69. The van der Waals surface area contributed by atoms with Gasteiger partial charge in [-0.1, -0.05) is 48.5 Å². The number of para-hydroxylation sites is 1. The first-order valence-electron chi connectivity index (χ1n) is 8.59. The van der Waals surface area contributed by atoms with Gasteiger partial charge in [0.2, 0.25) is 0 Å². The van der Waals surface area contributed by atoms with Crippen molar-refractivity contribution in [1.82, 2.24) is 10.3 Å². The highest BCUT2D eigenvalue weighted by molar-refractivity contribution is 8.13. The number of nitrogens with one attached hydrogen (secondary N) is 1. The number of rotatable bonds is 3. The summed E-state index contributed by atoms with van der Waals surface area (Å²) >= 11 is 7.62. The lowest BCUT2D eigenvalue weighted by Crippen LogP contribution is -2.50. The van der Waals surface area contributed by atoms with Crippen LogP contribution in [0.5, 0.6) is 11.5 Å². The van der Waals surface area contributed by atoms with E-state index in [-0.39, 0.29) is 22.4 Å². The largest absolute Gasteiger partial charge is 0.503 e. The third-order valence-corrected chi connectivity index (χ3v) is 5.40. The Labute approximate surface area is 170 Å². The van der Waals surface area contributed by atoms with E-state index in [1.807, 2.05) is 31.2 Å². The van der Waals surface area contributed by atoms with E-state index in [9.17, 15) is 9.90 Å². The molecule has 4 rings (SSSR count). The van der Waals surface area contributed by atoms with Gasteiger partial charge in [-0.25, -0.2) is 5.01 Å². The number of nitrogens with zero attached hydrogens (tertiary/aromatic N) is 3. The molecule has 1 unspecified atom stereocenters. The summed E-state index contributed by atoms with van der Waals surface area (Å²) in [6.07, 6.45) is -0.629. The van der Waals surface area contributed by atoms with Crippen molar-refractivity contribution in [3.63, 3.8) is 0 Å². The molecule has 2 aliphatic heterocycles. The highest BCUT2D eigenvalue weighted by Crippen LogP contribution is 2.39. The lowest BCUT2D eigenvalue weighted by molar-refractivity contribution is -0.116. The van der Waals surface area contributed by atoms with E-state index in [0.29, 0.717) is 27.0 Å². The Morgan fingerprint density at radius 2 is 2.14 bits per heavy atom. The number of carbonyl (C=O) groups is 1. The number of ether oxygens (including phenoxy) is 1. The molecule has 2 N–H and O–H groups in total. The predicted molar refractivity (Wildman–Crippen MR) is 109 cm³/mol. The van der Waals surface area contributed by atoms with Gasteiger partial charge < -0.3 is 9.84 Å². The van der Waals surface area contributed by atoms with Crippen LogP contribution < -0.4 is 20.6 Å². The zero-order valence-electron chi connectivity index (χ0n) is 15.1. The maximum absolute atomic E-state index is 12.9. The van der Waals surface area contributed by atoms with Crippen molar-refractivity contribution in [2.75, 3.05) is 12.9 Å². The van der Waals surface area contributed by atoms with Crippen molar-refractivity contribution < 1.29 is 14.6 Å². The molecular formula is C19H17ClN4O3S. The van der Waals surface area contributed by atoms with Crippen molar-refractivity contribution in [1.29, 1.82) is 0 Å². The first kappa shape index (κ1) is 18.6. The minimum atomic E-state index is -0.629. The summed E-state index contributed by atoms with van der Waals surface area (Å²) in [7, 11) is 1.45. The summed E-state index contributed by atoms with van der Waals surface area (Å²) in [5.74, 6) is 0.608. The lowest BCUT2D eigenvalue weighted by atomic mass is 10.1. The molecule has 0 aromatic heterocycles. The molecular weight excluding hydrogens is 400 g/mol. The number of amides is 1. The Hall–Kier alpha value is -2.71. The Kier molecular flexibility index (Phi) is 4.91. The summed E-state index contributed by atoms with van der Waals surface area (Å²) in [5, 5.41) is 21.1. The molecule has 2 aromatic carbocycles. The molecule has 7 nitrogen and oxygen atoms in total. The maximum Gasteiger partial charge on any atom is 0.276 e. The summed E-state index contributed by atoms with van der Waals surface area (Å²) in [6, 6.07) is 10.7. The fourth-order valence-corrected chi connectivity index (χ4v) is 3.95. The zero-order chi connectivity index (χ0) is 19.8. The van der Waals surface area contributed by atoms with Crippen molar-refractivity contribution in [2.24, 2.45) is 10.1 Å². The second-order valence-corrected chi connectivity index (χ2v) is 7.72. The molecule has 1 atom stereocenters. The molecule has 28 heavy (non-hydrogen) atoms. The van der Waals surface area contributed by atoms with Crippen LogP contribution in [0.1, 0.15) is 18.7 Å². The molecule has 144 valence electrons. The highest BCUT2D eigenvalue weighted by Gasteiger charge is 2.34. The molecule has 0 aliphatic carbocycles. The monoisotopic (exact) mass is 416 g/mol. The van der Waals surface area contributed by atoms with E-state index in [1.165, 1.54) is 18.9 Å². The van der Waals surface area contributed by atoms with Gasteiger partial charge in [0.1, 0.15) is 5.70 Å². The molecule has 2 heterocycles. The molecule has 0 radical (unpaired) electrons. The first-order valence-corrected chi connectivity index (χ1v) is 9.95. The maximum atomic E-state index is 12.9. The van der Waals surface area contributed by atoms with Crippen LogP contribution in [0.2, 0.25) is 5.02 Å². The topological polar surface area (TPSA) is 86.5 Å². The van der Waals surface area contributed by atoms with Crippen LogP contribution in [0.3, 0.4) is 0 Å². The van der Waals surface area contributed by atoms with Crippen LogP contribution in [-0.2, 0) is 4.79 Å². The van der Waals surface area contributed by atoms with Gasteiger partial charge >= 0.3 is 0 Å². The number of methoxy groups -OCH3 is 1. The number of benzene rings is 2. The second-order valence-electron chi connectivity index (χ2n) is 6.06. The van der Waals surface area contributed by atoms with E-state index in [0.717, 1.165) is 5.75 Å². The Morgan fingerprint density at radius 3 is 2.89 bits per heavy atom. The third kappa shape index (κ3) is 3.08. The summed E-state index contributed by atoms with van der Waals surface area (Å²) in [5.41, 5.74) is 1.06. The van der Waals surface area contributed by atoms with Gasteiger partial charge in [0.25, 0.3) is 5.91 Å². The number of thioether (sulfide) groups is 1. The molecule has 9 heteroatoms. The first-order chi connectivity index (χ1) is 13.5. The number of halogens is 1. The number of hydrazone groups is 1. The molecule has 0 saturated carbocycles. The van der Waals surface area contributed by atoms with E-state index in [1.54, 1.807) is 17.1 Å². The van der Waals surface area contributed by atoms with E-state index >= 15 is 0 Å². The SMILES string of the molecule is CCSC1=NN2C(=c3ccccc3=NC2c2cc(Cl)c(O)c(OC)c2)C(=O)N1. The van der Waals surface area contributed by atoms with Crippen LogP contribution in [0.25, 0.3) is 5.70 Å². The fraction of sp³-hybridized carbons (Fsp3) is 0.211. The van der Waals surface area contributed by atoms with E-state index in [4.69, 9.17) is 21.3 Å². The molecule has 0 bridgehead atoms. The van der Waals surface area contributed by atoms with Gasteiger partial charge in [0, 0.05) is 10.8 Å². The van der Waals surface area contributed by atoms with Crippen LogP contribution in [0, 0.1) is 0 Å². The number of fused-ring (bicyclic) bond motifs is 2. The number of phenolic OH excluding ortho intramolecular Hbond substituents is 1. The zero-order valence-corrected chi connectivity index (χ0v) is 16.7. The van der Waals surface area contributed by atoms with Crippen LogP contribution >= 0.6 is 23.4 Å². The third-order valence-electron chi connectivity index (χ3n) is 4.37. The van der Waals surface area contributed by atoms with Crippen molar-refractivity contribution in [3.05, 3.63) is 57.6 Å². The molecule has 0 saturated heterocycles. The number of hydrogen-bond acceptors (Lipinski definition) is 7. The summed E-state index contributed by atoms with van der Waals surface area (Å²) < 4.78 is 5.22. The standard InChI is InChI=1S/C19H17ClN4O3S/c1-3-28-19-22-18(26)15-11-6-4-5-7-13(11)21-17(24(15)23-19)10-8-12(20)16(25)14(9-10)27-2/h4-9,17,25H,3H2,1-2H3,(H,22,23,26). The number of amidine groups is 1. The molecule has 2 aliphatic rings. The number of hydrogen-bond donors (Lipinski definition) is 2. The fourth-order valence-electron chi connectivity index (χ4n) is 3.14. The van der Waals surface area contributed by atoms with E-state index < -0.39 is 6.17 Å². The number of phenols is 1. The summed E-state index contributed by atoms with van der Waals surface area (Å²) in [6.45, 7) is 1.98. The minimum absolute atomic E-state index is 0.138. The molecule has 2 aromatic rings. The Morgan fingerprint density at radius 1 is 1.36 bits per heavy atom. The summed E-state index contributed by atoms with van der Waals surface area (Å²) in [4.78, 5) is 17.7. The quantitative estimate of drug-likeness (QED) is 0.798. The number of aromatic hydroxyl groups is 1. The normalized spacial score (nSPS) is 17.9.